The van der Waals surface area contributed by atoms with E-state index in [1.54, 1.807) is 12.5 Å². The minimum absolute atomic E-state index is 0.268. The fourth-order valence-corrected chi connectivity index (χ4v) is 2.62. The molecule has 1 aliphatic carbocycles. The zero-order valence-electron chi connectivity index (χ0n) is 11.9. The maximum absolute atomic E-state index is 5.88. The lowest BCUT2D eigenvalue weighted by molar-refractivity contribution is 0.272. The molecule has 0 atom stereocenters. The standard InChI is InChI=1S/C15H22ClN3O/c1-2-20-9-8-13-11-18-15(16)19-14(13)17-10-12-6-4-3-5-7-12/h8-9,11-12H,2-7,10H2,1H3,(H,17,18,19)/b9-8+. The van der Waals surface area contributed by atoms with Crippen LogP contribution in [0.15, 0.2) is 12.5 Å². The van der Waals surface area contributed by atoms with Gasteiger partial charge in [-0.15, -0.1) is 0 Å². The quantitative estimate of drug-likeness (QED) is 0.633. The Bertz CT molecular complexity index is 445. The Morgan fingerprint density at radius 1 is 1.40 bits per heavy atom. The van der Waals surface area contributed by atoms with Gasteiger partial charge in [-0.3, -0.25) is 0 Å². The molecule has 1 aliphatic rings. The van der Waals surface area contributed by atoms with Gasteiger partial charge in [-0.1, -0.05) is 19.3 Å². The van der Waals surface area contributed by atoms with Gasteiger partial charge < -0.3 is 10.1 Å². The third-order valence-corrected chi connectivity index (χ3v) is 3.76. The summed E-state index contributed by atoms with van der Waals surface area (Å²) in [6, 6.07) is 0. The molecular formula is C15H22ClN3O. The number of ether oxygens (including phenoxy) is 1. The van der Waals surface area contributed by atoms with E-state index in [-0.39, 0.29) is 5.28 Å². The first-order valence-electron chi connectivity index (χ1n) is 7.34. The van der Waals surface area contributed by atoms with Crippen LogP contribution in [0.1, 0.15) is 44.6 Å². The molecule has 0 amide bonds. The van der Waals surface area contributed by atoms with Crippen LogP contribution >= 0.6 is 11.6 Å². The molecular weight excluding hydrogens is 274 g/mol. The third kappa shape index (κ3) is 4.67. The summed E-state index contributed by atoms with van der Waals surface area (Å²) in [7, 11) is 0. The van der Waals surface area contributed by atoms with E-state index in [4.69, 9.17) is 16.3 Å². The van der Waals surface area contributed by atoms with E-state index in [0.29, 0.717) is 6.61 Å². The Balaban J connectivity index is 1.98. The second-order valence-corrected chi connectivity index (χ2v) is 5.42. The van der Waals surface area contributed by atoms with Crippen molar-refractivity contribution in [3.8, 4) is 0 Å². The number of hydrogen-bond donors (Lipinski definition) is 1. The van der Waals surface area contributed by atoms with Crippen LogP contribution in [0.3, 0.4) is 0 Å². The van der Waals surface area contributed by atoms with Gasteiger partial charge in [0.25, 0.3) is 0 Å². The zero-order valence-corrected chi connectivity index (χ0v) is 12.7. The second-order valence-electron chi connectivity index (χ2n) is 5.09. The molecule has 4 nitrogen and oxygen atoms in total. The van der Waals surface area contributed by atoms with Crippen molar-refractivity contribution in [2.75, 3.05) is 18.5 Å². The number of nitrogens with one attached hydrogen (secondary N) is 1. The fraction of sp³-hybridized carbons (Fsp3) is 0.600. The van der Waals surface area contributed by atoms with Crippen molar-refractivity contribution in [2.24, 2.45) is 5.92 Å². The number of nitrogens with zero attached hydrogens (tertiary/aromatic N) is 2. The Kier molecular flexibility index (Phi) is 6.12. The fourth-order valence-electron chi connectivity index (χ4n) is 2.48. The van der Waals surface area contributed by atoms with Gasteiger partial charge in [0.15, 0.2) is 0 Å². The van der Waals surface area contributed by atoms with Gasteiger partial charge in [0, 0.05) is 18.3 Å². The average Bonchev–Trinajstić information content (AvgIpc) is 2.48. The molecule has 1 fully saturated rings. The van der Waals surface area contributed by atoms with Gasteiger partial charge in [-0.05, 0) is 43.4 Å². The van der Waals surface area contributed by atoms with Crippen LogP contribution in [0, 0.1) is 5.92 Å². The molecule has 0 aliphatic heterocycles. The first-order valence-corrected chi connectivity index (χ1v) is 7.72. The van der Waals surface area contributed by atoms with E-state index in [9.17, 15) is 0 Å². The number of hydrogen-bond acceptors (Lipinski definition) is 4. The summed E-state index contributed by atoms with van der Waals surface area (Å²) in [6.45, 7) is 3.55. The molecule has 0 radical (unpaired) electrons. The monoisotopic (exact) mass is 295 g/mol. The van der Waals surface area contributed by atoms with Crippen molar-refractivity contribution >= 4 is 23.5 Å². The molecule has 110 valence electrons. The molecule has 1 N–H and O–H groups in total. The molecule has 1 aromatic rings. The molecule has 5 heteroatoms. The predicted molar refractivity (Wildman–Crippen MR) is 82.8 cm³/mol. The first-order chi connectivity index (χ1) is 9.79. The molecule has 1 heterocycles. The van der Waals surface area contributed by atoms with Gasteiger partial charge in [-0.25, -0.2) is 9.97 Å². The van der Waals surface area contributed by atoms with E-state index in [1.807, 2.05) is 13.0 Å². The van der Waals surface area contributed by atoms with Crippen molar-refractivity contribution in [3.05, 3.63) is 23.3 Å². The molecule has 20 heavy (non-hydrogen) atoms. The highest BCUT2D eigenvalue weighted by Crippen LogP contribution is 2.24. The maximum atomic E-state index is 5.88. The van der Waals surface area contributed by atoms with E-state index in [0.717, 1.165) is 23.8 Å². The van der Waals surface area contributed by atoms with Crippen molar-refractivity contribution < 1.29 is 4.74 Å². The number of rotatable bonds is 6. The van der Waals surface area contributed by atoms with E-state index < -0.39 is 0 Å². The lowest BCUT2D eigenvalue weighted by atomic mass is 9.89. The zero-order chi connectivity index (χ0) is 14.2. The van der Waals surface area contributed by atoms with E-state index in [1.165, 1.54) is 32.1 Å². The highest BCUT2D eigenvalue weighted by molar-refractivity contribution is 6.28. The molecule has 0 spiro atoms. The minimum Gasteiger partial charge on any atom is -0.501 e. The molecule has 1 saturated carbocycles. The summed E-state index contributed by atoms with van der Waals surface area (Å²) >= 11 is 5.88. The van der Waals surface area contributed by atoms with Crippen molar-refractivity contribution in [1.29, 1.82) is 0 Å². The molecule has 2 rings (SSSR count). The third-order valence-electron chi connectivity index (χ3n) is 3.58. The average molecular weight is 296 g/mol. The lowest BCUT2D eigenvalue weighted by Gasteiger charge is -2.22. The van der Waals surface area contributed by atoms with Crippen LogP contribution in [0.25, 0.3) is 6.08 Å². The van der Waals surface area contributed by atoms with Gasteiger partial charge in [0.05, 0.1) is 12.9 Å². The summed E-state index contributed by atoms with van der Waals surface area (Å²) in [5.74, 6) is 1.52. The SMILES string of the molecule is CCO/C=C/c1cnc(Cl)nc1NCC1CCCCC1. The van der Waals surface area contributed by atoms with Gasteiger partial charge >= 0.3 is 0 Å². The lowest BCUT2D eigenvalue weighted by Crippen LogP contribution is -2.18. The summed E-state index contributed by atoms with van der Waals surface area (Å²) in [6.07, 6.45) is 11.9. The Morgan fingerprint density at radius 2 is 2.20 bits per heavy atom. The number of halogens is 1. The van der Waals surface area contributed by atoms with Crippen molar-refractivity contribution in [3.63, 3.8) is 0 Å². The molecule has 0 saturated heterocycles. The highest BCUT2D eigenvalue weighted by atomic mass is 35.5. The summed E-state index contributed by atoms with van der Waals surface area (Å²) in [4.78, 5) is 8.29. The molecule has 0 unspecified atom stereocenters. The van der Waals surface area contributed by atoms with Crippen LogP contribution in [0.2, 0.25) is 5.28 Å². The number of anilines is 1. The Hall–Kier alpha value is -1.29. The Morgan fingerprint density at radius 3 is 2.95 bits per heavy atom. The molecule has 0 aromatic carbocycles. The second kappa shape index (κ2) is 8.10. The smallest absolute Gasteiger partial charge is 0.224 e. The molecule has 0 bridgehead atoms. The molecule has 1 aromatic heterocycles. The predicted octanol–water partition coefficient (Wildman–Crippen LogP) is 4.13. The summed E-state index contributed by atoms with van der Waals surface area (Å²) in [5.41, 5.74) is 0.902. The van der Waals surface area contributed by atoms with Crippen LogP contribution in [-0.4, -0.2) is 23.1 Å². The van der Waals surface area contributed by atoms with Crippen molar-refractivity contribution in [2.45, 2.75) is 39.0 Å². The summed E-state index contributed by atoms with van der Waals surface area (Å²) < 4.78 is 5.22. The van der Waals surface area contributed by atoms with Crippen LogP contribution in [-0.2, 0) is 4.74 Å². The Labute approximate surface area is 125 Å². The summed E-state index contributed by atoms with van der Waals surface area (Å²) in [5, 5.41) is 3.68. The van der Waals surface area contributed by atoms with Gasteiger partial charge in [-0.2, -0.15) is 0 Å². The van der Waals surface area contributed by atoms with E-state index in [2.05, 4.69) is 15.3 Å². The minimum atomic E-state index is 0.268. The normalized spacial score (nSPS) is 16.5. The van der Waals surface area contributed by atoms with Gasteiger partial charge in [0.2, 0.25) is 5.28 Å². The van der Waals surface area contributed by atoms with E-state index >= 15 is 0 Å². The highest BCUT2D eigenvalue weighted by Gasteiger charge is 2.14. The maximum Gasteiger partial charge on any atom is 0.224 e. The number of aromatic nitrogens is 2. The first kappa shape index (κ1) is 15.1. The van der Waals surface area contributed by atoms with Crippen LogP contribution in [0.4, 0.5) is 5.82 Å². The topological polar surface area (TPSA) is 47.0 Å². The largest absolute Gasteiger partial charge is 0.501 e. The van der Waals surface area contributed by atoms with Crippen LogP contribution < -0.4 is 5.32 Å². The van der Waals surface area contributed by atoms with Crippen LogP contribution in [0.5, 0.6) is 0 Å². The van der Waals surface area contributed by atoms with Gasteiger partial charge in [0.1, 0.15) is 5.82 Å². The van der Waals surface area contributed by atoms with Crippen molar-refractivity contribution in [1.82, 2.24) is 9.97 Å².